The van der Waals surface area contributed by atoms with E-state index in [0.717, 1.165) is 18.4 Å². The molecule has 0 bridgehead atoms. The molecule has 0 atom stereocenters. The van der Waals surface area contributed by atoms with Gasteiger partial charge in [0.05, 0.1) is 4.90 Å². The first-order valence-corrected chi connectivity index (χ1v) is 9.90. The summed E-state index contributed by atoms with van der Waals surface area (Å²) in [5.74, 6) is 0.825. The molecule has 1 aromatic carbocycles. The Balaban J connectivity index is 1.67. The standard InChI is InChI=1S/C17H21N5O3S/c1-2-14-3-5-15(6-4-14)26(24,25)20-16-7-8-17(19-18-16)22-11-9-21(13-23)10-12-22/h3-8,13H,2,9-12H2,1H3,(H,18,20). The minimum Gasteiger partial charge on any atom is -0.352 e. The van der Waals surface area contributed by atoms with Gasteiger partial charge in [0.15, 0.2) is 11.6 Å². The number of carbonyl (C=O) groups is 1. The molecule has 1 fully saturated rings. The van der Waals surface area contributed by atoms with Crippen LogP contribution in [0.4, 0.5) is 11.6 Å². The first-order chi connectivity index (χ1) is 12.5. The van der Waals surface area contributed by atoms with Crippen LogP contribution in [-0.4, -0.2) is 56.1 Å². The Hall–Kier alpha value is -2.68. The Morgan fingerprint density at radius 1 is 1.04 bits per heavy atom. The Bertz CT molecular complexity index is 845. The minimum atomic E-state index is -3.70. The lowest BCUT2D eigenvalue weighted by Crippen LogP contribution is -2.46. The van der Waals surface area contributed by atoms with E-state index >= 15 is 0 Å². The summed E-state index contributed by atoms with van der Waals surface area (Å²) in [5, 5.41) is 8.07. The number of aryl methyl sites for hydroxylation is 1. The number of carbonyl (C=O) groups excluding carboxylic acids is 1. The van der Waals surface area contributed by atoms with Crippen LogP contribution in [0.25, 0.3) is 0 Å². The molecule has 1 amide bonds. The highest BCUT2D eigenvalue weighted by Crippen LogP contribution is 2.17. The van der Waals surface area contributed by atoms with Crippen LogP contribution >= 0.6 is 0 Å². The molecule has 0 radical (unpaired) electrons. The Morgan fingerprint density at radius 2 is 1.73 bits per heavy atom. The van der Waals surface area contributed by atoms with E-state index in [1.165, 1.54) is 0 Å². The van der Waals surface area contributed by atoms with Gasteiger partial charge in [-0.2, -0.15) is 0 Å². The predicted molar refractivity (Wildman–Crippen MR) is 98.5 cm³/mol. The summed E-state index contributed by atoms with van der Waals surface area (Å²) in [7, 11) is -3.70. The van der Waals surface area contributed by atoms with Gasteiger partial charge in [-0.25, -0.2) is 8.42 Å². The van der Waals surface area contributed by atoms with Gasteiger partial charge in [-0.15, -0.1) is 10.2 Å². The number of aromatic nitrogens is 2. The van der Waals surface area contributed by atoms with Crippen LogP contribution in [0.1, 0.15) is 12.5 Å². The maximum atomic E-state index is 12.4. The summed E-state index contributed by atoms with van der Waals surface area (Å²) >= 11 is 0. The van der Waals surface area contributed by atoms with Gasteiger partial charge >= 0.3 is 0 Å². The molecule has 0 unspecified atom stereocenters. The van der Waals surface area contributed by atoms with Crippen LogP contribution in [0, 0.1) is 0 Å². The monoisotopic (exact) mass is 375 g/mol. The zero-order valence-corrected chi connectivity index (χ0v) is 15.3. The maximum absolute atomic E-state index is 12.4. The normalized spacial score (nSPS) is 15.0. The van der Waals surface area contributed by atoms with E-state index in [4.69, 9.17) is 0 Å². The molecule has 0 saturated carbocycles. The molecule has 0 spiro atoms. The van der Waals surface area contributed by atoms with Crippen LogP contribution in [0.3, 0.4) is 0 Å². The minimum absolute atomic E-state index is 0.167. The molecule has 9 heteroatoms. The second kappa shape index (κ2) is 7.69. The molecule has 0 aliphatic carbocycles. The molecule has 2 heterocycles. The van der Waals surface area contributed by atoms with E-state index in [-0.39, 0.29) is 10.7 Å². The van der Waals surface area contributed by atoms with Crippen LogP contribution in [0.15, 0.2) is 41.3 Å². The number of nitrogens with one attached hydrogen (secondary N) is 1. The second-order valence-electron chi connectivity index (χ2n) is 6.01. The molecule has 1 saturated heterocycles. The van der Waals surface area contributed by atoms with Gasteiger partial charge in [-0.1, -0.05) is 19.1 Å². The van der Waals surface area contributed by atoms with Crippen molar-refractivity contribution in [2.45, 2.75) is 18.2 Å². The van der Waals surface area contributed by atoms with Crippen molar-refractivity contribution in [2.24, 2.45) is 0 Å². The molecular formula is C17H21N5O3S. The summed E-state index contributed by atoms with van der Waals surface area (Å²) in [6.45, 7) is 4.61. The summed E-state index contributed by atoms with van der Waals surface area (Å²) in [6, 6.07) is 10.1. The van der Waals surface area contributed by atoms with Crippen molar-refractivity contribution in [1.29, 1.82) is 0 Å². The van der Waals surface area contributed by atoms with Gasteiger partial charge in [0, 0.05) is 26.2 Å². The SMILES string of the molecule is CCc1ccc(S(=O)(=O)Nc2ccc(N3CCN(C=O)CC3)nn2)cc1. The van der Waals surface area contributed by atoms with E-state index in [0.29, 0.717) is 32.0 Å². The van der Waals surface area contributed by atoms with Gasteiger partial charge in [0.25, 0.3) is 10.0 Å². The average molecular weight is 375 g/mol. The first kappa shape index (κ1) is 18.1. The first-order valence-electron chi connectivity index (χ1n) is 8.41. The van der Waals surface area contributed by atoms with Gasteiger partial charge in [-0.05, 0) is 36.2 Å². The number of hydrogen-bond acceptors (Lipinski definition) is 6. The highest BCUT2D eigenvalue weighted by atomic mass is 32.2. The van der Waals surface area contributed by atoms with E-state index < -0.39 is 10.0 Å². The Kier molecular flexibility index (Phi) is 5.36. The topological polar surface area (TPSA) is 95.5 Å². The number of hydrogen-bond donors (Lipinski definition) is 1. The summed E-state index contributed by atoms with van der Waals surface area (Å²) < 4.78 is 27.3. The lowest BCUT2D eigenvalue weighted by molar-refractivity contribution is -0.118. The van der Waals surface area contributed by atoms with Crippen LogP contribution in [0.2, 0.25) is 0 Å². The lowest BCUT2D eigenvalue weighted by atomic mass is 10.2. The fraction of sp³-hybridized carbons (Fsp3) is 0.353. The van der Waals surface area contributed by atoms with E-state index in [1.54, 1.807) is 41.3 Å². The van der Waals surface area contributed by atoms with Crippen LogP contribution in [0.5, 0.6) is 0 Å². The van der Waals surface area contributed by atoms with E-state index in [2.05, 4.69) is 14.9 Å². The highest BCUT2D eigenvalue weighted by molar-refractivity contribution is 7.92. The van der Waals surface area contributed by atoms with E-state index in [1.807, 2.05) is 11.8 Å². The highest BCUT2D eigenvalue weighted by Gasteiger charge is 2.18. The number of anilines is 2. The number of sulfonamides is 1. The van der Waals surface area contributed by atoms with Crippen molar-refractivity contribution < 1.29 is 13.2 Å². The van der Waals surface area contributed by atoms with Crippen LogP contribution < -0.4 is 9.62 Å². The quantitative estimate of drug-likeness (QED) is 0.760. The van der Waals surface area contributed by atoms with Gasteiger partial charge in [0.2, 0.25) is 6.41 Å². The summed E-state index contributed by atoms with van der Waals surface area (Å²) in [4.78, 5) is 14.6. The summed E-state index contributed by atoms with van der Waals surface area (Å²) in [5.41, 5.74) is 1.07. The molecule has 1 aliphatic rings. The lowest BCUT2D eigenvalue weighted by Gasteiger charge is -2.32. The predicted octanol–water partition coefficient (Wildman–Crippen LogP) is 1.12. The van der Waals surface area contributed by atoms with Gasteiger partial charge in [0.1, 0.15) is 0 Å². The van der Waals surface area contributed by atoms with Crippen LogP contribution in [-0.2, 0) is 21.2 Å². The Labute approximate surface area is 152 Å². The van der Waals surface area contributed by atoms with E-state index in [9.17, 15) is 13.2 Å². The van der Waals surface area contributed by atoms with Crippen molar-refractivity contribution in [1.82, 2.24) is 15.1 Å². The molecule has 2 aromatic rings. The zero-order valence-electron chi connectivity index (χ0n) is 14.5. The third-order valence-corrected chi connectivity index (χ3v) is 5.69. The number of nitrogens with zero attached hydrogens (tertiary/aromatic N) is 4. The number of rotatable bonds is 6. The Morgan fingerprint density at radius 3 is 2.27 bits per heavy atom. The fourth-order valence-electron chi connectivity index (χ4n) is 2.71. The molecule has 26 heavy (non-hydrogen) atoms. The van der Waals surface area contributed by atoms with Gasteiger partial charge in [-0.3, -0.25) is 9.52 Å². The second-order valence-corrected chi connectivity index (χ2v) is 7.69. The molecular weight excluding hydrogens is 354 g/mol. The largest absolute Gasteiger partial charge is 0.352 e. The van der Waals surface area contributed by atoms with Crippen molar-refractivity contribution in [3.63, 3.8) is 0 Å². The molecule has 1 aromatic heterocycles. The van der Waals surface area contributed by atoms with Crippen molar-refractivity contribution in [3.05, 3.63) is 42.0 Å². The molecule has 1 aliphatic heterocycles. The van der Waals surface area contributed by atoms with Crippen molar-refractivity contribution in [3.8, 4) is 0 Å². The summed E-state index contributed by atoms with van der Waals surface area (Å²) in [6.07, 6.45) is 1.69. The van der Waals surface area contributed by atoms with Gasteiger partial charge < -0.3 is 9.80 Å². The van der Waals surface area contributed by atoms with Crippen molar-refractivity contribution >= 4 is 28.1 Å². The molecule has 138 valence electrons. The number of piperazine rings is 1. The third kappa shape index (κ3) is 4.10. The maximum Gasteiger partial charge on any atom is 0.263 e. The van der Waals surface area contributed by atoms with Crippen molar-refractivity contribution in [2.75, 3.05) is 35.8 Å². The molecule has 3 rings (SSSR count). The smallest absolute Gasteiger partial charge is 0.263 e. The zero-order chi connectivity index (χ0) is 18.6. The number of benzene rings is 1. The number of amides is 1. The molecule has 8 nitrogen and oxygen atoms in total. The third-order valence-electron chi connectivity index (χ3n) is 4.32. The average Bonchev–Trinajstić information content (AvgIpc) is 2.68. The molecule has 1 N–H and O–H groups in total. The fourth-order valence-corrected chi connectivity index (χ4v) is 3.70.